The van der Waals surface area contributed by atoms with Gasteiger partial charge in [-0.05, 0) is 55.4 Å². The summed E-state index contributed by atoms with van der Waals surface area (Å²) in [5.41, 5.74) is 5.09. The number of sulfone groups is 1. The van der Waals surface area contributed by atoms with Crippen molar-refractivity contribution in [1.29, 1.82) is 5.26 Å². The van der Waals surface area contributed by atoms with Gasteiger partial charge in [0.05, 0.1) is 34.8 Å². The number of nitriles is 1. The van der Waals surface area contributed by atoms with Crippen LogP contribution in [0, 0.1) is 36.0 Å². The number of carbonyl (C=O) groups is 1. The van der Waals surface area contributed by atoms with E-state index in [1.54, 1.807) is 11.3 Å². The van der Waals surface area contributed by atoms with Crippen LogP contribution in [0.3, 0.4) is 0 Å². The molecular formula is C31H34N4O5S2. The number of anilines is 1. The van der Waals surface area contributed by atoms with E-state index in [-0.39, 0.29) is 35.9 Å². The highest BCUT2D eigenvalue weighted by Gasteiger charge is 2.46. The highest BCUT2D eigenvalue weighted by molar-refractivity contribution is 7.91. The van der Waals surface area contributed by atoms with Crippen molar-refractivity contribution in [3.8, 4) is 23.1 Å². The van der Waals surface area contributed by atoms with E-state index in [1.165, 1.54) is 0 Å². The molecule has 0 spiro atoms. The third-order valence-corrected chi connectivity index (χ3v) is 11.3. The number of rotatable bonds is 8. The Balaban J connectivity index is 1.15. The highest BCUT2D eigenvalue weighted by atomic mass is 32.2. The summed E-state index contributed by atoms with van der Waals surface area (Å²) in [7, 11) is -2.94. The Morgan fingerprint density at radius 3 is 2.57 bits per heavy atom. The number of ether oxygens (including phenoxy) is 1. The number of carboxylic acid groups (broad SMARTS) is 1. The maximum Gasteiger partial charge on any atom is 0.307 e. The van der Waals surface area contributed by atoms with Crippen LogP contribution in [0.15, 0.2) is 41.8 Å². The smallest absolute Gasteiger partial charge is 0.307 e. The number of hydrogen-bond donors (Lipinski definition) is 1. The largest absolute Gasteiger partial charge is 0.488 e. The minimum Gasteiger partial charge on any atom is -0.488 e. The molecule has 2 aromatic carbocycles. The summed E-state index contributed by atoms with van der Waals surface area (Å²) in [6, 6.07) is 14.0. The van der Waals surface area contributed by atoms with Crippen molar-refractivity contribution >= 4 is 32.3 Å². The number of aromatic nitrogens is 1. The molecule has 0 amide bonds. The summed E-state index contributed by atoms with van der Waals surface area (Å²) in [4.78, 5) is 21.1. The lowest BCUT2D eigenvalue weighted by molar-refractivity contribution is -0.144. The summed E-state index contributed by atoms with van der Waals surface area (Å²) in [6.07, 6.45) is 1.92. The van der Waals surface area contributed by atoms with Crippen molar-refractivity contribution in [2.75, 3.05) is 42.6 Å². The van der Waals surface area contributed by atoms with Crippen molar-refractivity contribution in [1.82, 2.24) is 9.88 Å². The van der Waals surface area contributed by atoms with Gasteiger partial charge in [-0.1, -0.05) is 23.8 Å². The van der Waals surface area contributed by atoms with Crippen molar-refractivity contribution < 1.29 is 23.1 Å². The maximum atomic E-state index is 11.8. The molecule has 42 heavy (non-hydrogen) atoms. The number of carboxylic acids is 1. The fourth-order valence-electron chi connectivity index (χ4n) is 6.56. The van der Waals surface area contributed by atoms with Crippen LogP contribution < -0.4 is 9.64 Å². The third kappa shape index (κ3) is 6.02. The Morgan fingerprint density at radius 2 is 1.88 bits per heavy atom. The Labute approximate surface area is 250 Å². The summed E-state index contributed by atoms with van der Waals surface area (Å²) in [6.45, 7) is 5.32. The molecule has 11 heteroatoms. The van der Waals surface area contributed by atoms with Crippen LogP contribution in [0.25, 0.3) is 11.3 Å². The average Bonchev–Trinajstić information content (AvgIpc) is 3.56. The molecule has 3 aromatic rings. The van der Waals surface area contributed by atoms with E-state index >= 15 is 0 Å². The molecule has 0 radical (unpaired) electrons. The minimum absolute atomic E-state index is 0.170. The van der Waals surface area contributed by atoms with Gasteiger partial charge in [-0.3, -0.25) is 9.69 Å². The van der Waals surface area contributed by atoms with Crippen LogP contribution in [0.4, 0.5) is 5.13 Å². The lowest BCUT2D eigenvalue weighted by atomic mass is 9.85. The standard InChI is InChI=1S/C31H34N4O5S2/c1-20-2-7-28(40-18-24-4-3-21(13-25(24)14-32)15-34-8-10-42(38,39)11-9-34)26(12-20)27-19-41-31(33-27)35-16-22-5-6-23(17-35)29(22)30(36)37/h2-4,7,12-13,19,22-23,29H,5-6,8-11,15-18H2,1H3,(H,36,37)/t22-,23+,29+. The van der Waals surface area contributed by atoms with E-state index in [0.717, 1.165) is 59.0 Å². The molecule has 1 N–H and O–H groups in total. The minimum atomic E-state index is -2.94. The van der Waals surface area contributed by atoms with Gasteiger partial charge in [0.15, 0.2) is 15.0 Å². The molecule has 220 valence electrons. The number of benzene rings is 2. The molecule has 2 aliphatic heterocycles. The monoisotopic (exact) mass is 606 g/mol. The summed E-state index contributed by atoms with van der Waals surface area (Å²) in [5, 5.41) is 22.5. The number of nitrogens with zero attached hydrogens (tertiary/aromatic N) is 4. The number of thiazole rings is 1. The predicted octanol–water partition coefficient (Wildman–Crippen LogP) is 4.35. The second-order valence-corrected chi connectivity index (χ2v) is 14.8. The van der Waals surface area contributed by atoms with Crippen LogP contribution in [0.5, 0.6) is 5.75 Å². The molecule has 6 rings (SSSR count). The second kappa shape index (κ2) is 11.7. The quantitative estimate of drug-likeness (QED) is 0.399. The first-order chi connectivity index (χ1) is 20.2. The Bertz CT molecular complexity index is 1620. The van der Waals surface area contributed by atoms with E-state index in [9.17, 15) is 23.6 Å². The zero-order valence-electron chi connectivity index (χ0n) is 23.5. The first-order valence-electron chi connectivity index (χ1n) is 14.3. The molecule has 3 fully saturated rings. The fourth-order valence-corrected chi connectivity index (χ4v) is 8.68. The van der Waals surface area contributed by atoms with E-state index in [1.807, 2.05) is 42.6 Å². The zero-order chi connectivity index (χ0) is 29.4. The first-order valence-corrected chi connectivity index (χ1v) is 17.0. The molecule has 0 unspecified atom stereocenters. The Hall–Kier alpha value is -3.46. The number of hydrogen-bond acceptors (Lipinski definition) is 9. The molecule has 2 bridgehead atoms. The van der Waals surface area contributed by atoms with Gasteiger partial charge in [-0.15, -0.1) is 11.3 Å². The number of aliphatic carboxylic acids is 1. The maximum absolute atomic E-state index is 11.8. The molecule has 9 nitrogen and oxygen atoms in total. The summed E-state index contributed by atoms with van der Waals surface area (Å²) < 4.78 is 29.8. The second-order valence-electron chi connectivity index (χ2n) is 11.7. The average molecular weight is 607 g/mol. The SMILES string of the molecule is Cc1ccc(OCc2ccc(CN3CCS(=O)(=O)CC3)cc2C#N)c(-c2csc(N3C[C@H]4CC[C@@H](C3)[C@H]4C(=O)O)n2)c1. The Morgan fingerprint density at radius 1 is 1.14 bits per heavy atom. The van der Waals surface area contributed by atoms with Crippen LogP contribution in [-0.2, 0) is 27.8 Å². The van der Waals surface area contributed by atoms with Crippen LogP contribution in [-0.4, -0.2) is 67.1 Å². The predicted molar refractivity (Wildman–Crippen MR) is 161 cm³/mol. The van der Waals surface area contributed by atoms with E-state index in [0.29, 0.717) is 30.9 Å². The topological polar surface area (TPSA) is 124 Å². The lowest BCUT2D eigenvalue weighted by Gasteiger charge is -2.35. The van der Waals surface area contributed by atoms with Crippen LogP contribution >= 0.6 is 11.3 Å². The van der Waals surface area contributed by atoms with Crippen molar-refractivity contribution in [3.05, 3.63) is 64.0 Å². The van der Waals surface area contributed by atoms with Crippen LogP contribution in [0.2, 0.25) is 0 Å². The van der Waals surface area contributed by atoms with Gasteiger partial charge in [0.2, 0.25) is 0 Å². The molecular weight excluding hydrogens is 572 g/mol. The van der Waals surface area contributed by atoms with Gasteiger partial charge in [-0.25, -0.2) is 13.4 Å². The van der Waals surface area contributed by atoms with Gasteiger partial charge in [0.25, 0.3) is 0 Å². The molecule has 1 aromatic heterocycles. The number of fused-ring (bicyclic) bond motifs is 2. The van der Waals surface area contributed by atoms with Crippen LogP contribution in [0.1, 0.15) is 35.1 Å². The number of piperidine rings is 1. The van der Waals surface area contributed by atoms with Gasteiger partial charge < -0.3 is 14.7 Å². The normalized spacial score (nSPS) is 23.4. The van der Waals surface area contributed by atoms with E-state index in [2.05, 4.69) is 21.9 Å². The van der Waals surface area contributed by atoms with E-state index in [4.69, 9.17) is 9.72 Å². The molecule has 3 aliphatic rings. The Kier molecular flexibility index (Phi) is 7.96. The van der Waals surface area contributed by atoms with E-state index < -0.39 is 15.8 Å². The van der Waals surface area contributed by atoms with Gasteiger partial charge in [-0.2, -0.15) is 5.26 Å². The highest BCUT2D eigenvalue weighted by Crippen LogP contribution is 2.44. The van der Waals surface area contributed by atoms with Gasteiger partial charge in [0.1, 0.15) is 12.4 Å². The van der Waals surface area contributed by atoms with Crippen molar-refractivity contribution in [2.45, 2.75) is 32.9 Å². The summed E-state index contributed by atoms with van der Waals surface area (Å²) >= 11 is 1.57. The molecule has 2 saturated heterocycles. The molecule has 1 saturated carbocycles. The van der Waals surface area contributed by atoms with Crippen molar-refractivity contribution in [3.63, 3.8) is 0 Å². The molecule has 3 atom stereocenters. The number of aryl methyl sites for hydroxylation is 1. The summed E-state index contributed by atoms with van der Waals surface area (Å²) in [5.74, 6) is 0.461. The lowest BCUT2D eigenvalue weighted by Crippen LogP contribution is -2.44. The molecule has 3 heterocycles. The zero-order valence-corrected chi connectivity index (χ0v) is 25.2. The van der Waals surface area contributed by atoms with Gasteiger partial charge >= 0.3 is 5.97 Å². The third-order valence-electron chi connectivity index (χ3n) is 8.81. The van der Waals surface area contributed by atoms with Gasteiger partial charge in [0, 0.05) is 49.2 Å². The first kappa shape index (κ1) is 28.6. The molecule has 1 aliphatic carbocycles. The van der Waals surface area contributed by atoms with Crippen molar-refractivity contribution in [2.24, 2.45) is 17.8 Å². The fraction of sp³-hybridized carbons (Fsp3) is 0.452.